The number of piperidine rings is 1. The highest BCUT2D eigenvalue weighted by Gasteiger charge is 2.46. The summed E-state index contributed by atoms with van der Waals surface area (Å²) in [5.41, 5.74) is 0.174. The van der Waals surface area contributed by atoms with E-state index in [1.807, 2.05) is 30.3 Å². The van der Waals surface area contributed by atoms with Crippen LogP contribution in [0.1, 0.15) is 25.3 Å². The van der Waals surface area contributed by atoms with E-state index in [1.54, 1.807) is 6.92 Å². The molecule has 134 valence electrons. The molecule has 1 aromatic carbocycles. The summed E-state index contributed by atoms with van der Waals surface area (Å²) in [6.07, 6.45) is 1.74. The van der Waals surface area contributed by atoms with E-state index in [4.69, 9.17) is 4.74 Å². The SMILES string of the molecule is CCOC(=O)[C@@]1(Cc2ccccc2)CCCN(S(=O)(=O)N(C)C)C1. The van der Waals surface area contributed by atoms with Gasteiger partial charge in [0.15, 0.2) is 0 Å². The molecule has 7 heteroatoms. The quantitative estimate of drug-likeness (QED) is 0.729. The molecule has 0 amide bonds. The van der Waals surface area contributed by atoms with Gasteiger partial charge in [0, 0.05) is 27.2 Å². The van der Waals surface area contributed by atoms with Crippen LogP contribution in [0.5, 0.6) is 0 Å². The molecule has 0 aliphatic carbocycles. The van der Waals surface area contributed by atoms with Gasteiger partial charge in [0.25, 0.3) is 10.2 Å². The topological polar surface area (TPSA) is 66.9 Å². The minimum atomic E-state index is -3.55. The standard InChI is InChI=1S/C17H26N2O4S/c1-4-23-16(20)17(13-15-9-6-5-7-10-15)11-8-12-19(14-17)24(21,22)18(2)3/h5-7,9-10H,4,8,11-14H2,1-3H3/t17-/m1/s1. The summed E-state index contributed by atoms with van der Waals surface area (Å²) < 4.78 is 32.9. The summed E-state index contributed by atoms with van der Waals surface area (Å²) in [6, 6.07) is 9.68. The summed E-state index contributed by atoms with van der Waals surface area (Å²) in [7, 11) is -0.539. The summed E-state index contributed by atoms with van der Waals surface area (Å²) in [6.45, 7) is 2.64. The first-order valence-corrected chi connectivity index (χ1v) is 9.60. The van der Waals surface area contributed by atoms with Crippen LogP contribution in [-0.2, 0) is 26.2 Å². The number of ether oxygens (including phenoxy) is 1. The Morgan fingerprint density at radius 1 is 1.29 bits per heavy atom. The smallest absolute Gasteiger partial charge is 0.313 e. The summed E-state index contributed by atoms with van der Waals surface area (Å²) >= 11 is 0. The van der Waals surface area contributed by atoms with E-state index in [1.165, 1.54) is 22.7 Å². The molecule has 6 nitrogen and oxygen atoms in total. The van der Waals surface area contributed by atoms with Gasteiger partial charge in [-0.3, -0.25) is 4.79 Å². The predicted molar refractivity (Wildman–Crippen MR) is 92.6 cm³/mol. The molecule has 24 heavy (non-hydrogen) atoms. The van der Waals surface area contributed by atoms with E-state index in [0.717, 1.165) is 5.56 Å². The molecule has 0 spiro atoms. The molecule has 1 saturated heterocycles. The van der Waals surface area contributed by atoms with Crippen LogP contribution < -0.4 is 0 Å². The largest absolute Gasteiger partial charge is 0.466 e. The fourth-order valence-corrected chi connectivity index (χ4v) is 4.40. The van der Waals surface area contributed by atoms with Gasteiger partial charge >= 0.3 is 5.97 Å². The first-order chi connectivity index (χ1) is 11.3. The third-order valence-electron chi connectivity index (χ3n) is 4.42. The first-order valence-electron chi connectivity index (χ1n) is 8.20. The number of hydrogen-bond donors (Lipinski definition) is 0. The highest BCUT2D eigenvalue weighted by atomic mass is 32.2. The second-order valence-corrected chi connectivity index (χ2v) is 8.53. The van der Waals surface area contributed by atoms with E-state index in [2.05, 4.69) is 0 Å². The van der Waals surface area contributed by atoms with Crippen LogP contribution in [0.15, 0.2) is 30.3 Å². The maximum absolute atomic E-state index is 12.7. The van der Waals surface area contributed by atoms with E-state index >= 15 is 0 Å². The van der Waals surface area contributed by atoms with Crippen LogP contribution in [0.3, 0.4) is 0 Å². The Labute approximate surface area is 144 Å². The lowest BCUT2D eigenvalue weighted by molar-refractivity contribution is -0.158. The Morgan fingerprint density at radius 3 is 2.54 bits per heavy atom. The fourth-order valence-electron chi connectivity index (χ4n) is 3.17. The zero-order chi connectivity index (χ0) is 17.8. The lowest BCUT2D eigenvalue weighted by Crippen LogP contribution is -2.53. The Hall–Kier alpha value is -1.44. The minimum Gasteiger partial charge on any atom is -0.466 e. The third kappa shape index (κ3) is 3.96. The molecule has 0 aromatic heterocycles. The molecule has 2 rings (SSSR count). The molecule has 1 aliphatic rings. The number of carbonyl (C=O) groups excluding carboxylic acids is 1. The van der Waals surface area contributed by atoms with Gasteiger partial charge in [-0.15, -0.1) is 0 Å². The molecule has 1 aromatic rings. The summed E-state index contributed by atoms with van der Waals surface area (Å²) in [5.74, 6) is -0.312. The molecular formula is C17H26N2O4S. The molecule has 0 unspecified atom stereocenters. The minimum absolute atomic E-state index is 0.154. The Bertz CT molecular complexity index is 660. The number of rotatable bonds is 6. The highest BCUT2D eigenvalue weighted by Crippen LogP contribution is 2.36. The second-order valence-electron chi connectivity index (χ2n) is 6.39. The molecule has 0 radical (unpaired) electrons. The van der Waals surface area contributed by atoms with Gasteiger partial charge in [0.05, 0.1) is 12.0 Å². The average molecular weight is 354 g/mol. The Balaban J connectivity index is 2.34. The number of carbonyl (C=O) groups is 1. The number of benzene rings is 1. The maximum Gasteiger partial charge on any atom is 0.313 e. The number of hydrogen-bond acceptors (Lipinski definition) is 4. The van der Waals surface area contributed by atoms with Crippen molar-refractivity contribution < 1.29 is 17.9 Å². The van der Waals surface area contributed by atoms with Crippen molar-refractivity contribution >= 4 is 16.2 Å². The van der Waals surface area contributed by atoms with Crippen molar-refractivity contribution in [3.05, 3.63) is 35.9 Å². The number of esters is 1. The van der Waals surface area contributed by atoms with Crippen LogP contribution >= 0.6 is 0 Å². The molecule has 1 aliphatic heterocycles. The van der Waals surface area contributed by atoms with Gasteiger partial charge < -0.3 is 4.74 Å². The molecule has 0 bridgehead atoms. The summed E-state index contributed by atoms with van der Waals surface area (Å²) in [4.78, 5) is 12.7. The zero-order valence-electron chi connectivity index (χ0n) is 14.6. The van der Waals surface area contributed by atoms with E-state index < -0.39 is 15.6 Å². The third-order valence-corrected chi connectivity index (χ3v) is 6.31. The van der Waals surface area contributed by atoms with Gasteiger partial charge in [-0.1, -0.05) is 30.3 Å². The molecule has 0 saturated carbocycles. The summed E-state index contributed by atoms with van der Waals surface area (Å²) in [5, 5.41) is 0. The van der Waals surface area contributed by atoms with E-state index in [0.29, 0.717) is 25.8 Å². The van der Waals surface area contributed by atoms with Crippen molar-refractivity contribution in [2.24, 2.45) is 5.41 Å². The van der Waals surface area contributed by atoms with Crippen molar-refractivity contribution in [1.29, 1.82) is 0 Å². The van der Waals surface area contributed by atoms with Crippen molar-refractivity contribution in [1.82, 2.24) is 8.61 Å². The first kappa shape index (κ1) is 18.9. The molecule has 0 N–H and O–H groups in total. The lowest BCUT2D eigenvalue weighted by Gasteiger charge is -2.41. The second kappa shape index (κ2) is 7.63. The molecule has 1 atom stereocenters. The monoisotopic (exact) mass is 354 g/mol. The van der Waals surface area contributed by atoms with Crippen LogP contribution in [0.4, 0.5) is 0 Å². The molecule has 1 heterocycles. The lowest BCUT2D eigenvalue weighted by atomic mass is 9.75. The zero-order valence-corrected chi connectivity index (χ0v) is 15.4. The normalized spacial score (nSPS) is 22.5. The maximum atomic E-state index is 12.7. The van der Waals surface area contributed by atoms with Crippen LogP contribution in [0.25, 0.3) is 0 Å². The van der Waals surface area contributed by atoms with Gasteiger partial charge in [-0.05, 0) is 31.7 Å². The van der Waals surface area contributed by atoms with Gasteiger partial charge in [-0.25, -0.2) is 0 Å². The van der Waals surface area contributed by atoms with Crippen molar-refractivity contribution in [2.75, 3.05) is 33.8 Å². The van der Waals surface area contributed by atoms with E-state index in [9.17, 15) is 13.2 Å². The highest BCUT2D eigenvalue weighted by molar-refractivity contribution is 7.86. The van der Waals surface area contributed by atoms with Gasteiger partial charge in [0.1, 0.15) is 0 Å². The van der Waals surface area contributed by atoms with Crippen molar-refractivity contribution in [2.45, 2.75) is 26.2 Å². The predicted octanol–water partition coefficient (Wildman–Crippen LogP) is 1.68. The Kier molecular flexibility index (Phi) is 6.01. The fraction of sp³-hybridized carbons (Fsp3) is 0.588. The Morgan fingerprint density at radius 2 is 1.96 bits per heavy atom. The van der Waals surface area contributed by atoms with Crippen molar-refractivity contribution in [3.63, 3.8) is 0 Å². The van der Waals surface area contributed by atoms with Gasteiger partial charge in [0.2, 0.25) is 0 Å². The molecular weight excluding hydrogens is 328 g/mol. The van der Waals surface area contributed by atoms with Crippen LogP contribution in [0, 0.1) is 5.41 Å². The molecule has 1 fully saturated rings. The van der Waals surface area contributed by atoms with Crippen LogP contribution in [0.2, 0.25) is 0 Å². The number of nitrogens with zero attached hydrogens (tertiary/aromatic N) is 2. The average Bonchev–Trinajstić information content (AvgIpc) is 2.56. The van der Waals surface area contributed by atoms with E-state index in [-0.39, 0.29) is 19.1 Å². The van der Waals surface area contributed by atoms with Crippen molar-refractivity contribution in [3.8, 4) is 0 Å². The van der Waals surface area contributed by atoms with Crippen LogP contribution in [-0.4, -0.2) is 56.8 Å². The van der Waals surface area contributed by atoms with Gasteiger partial charge in [-0.2, -0.15) is 17.0 Å².